The van der Waals surface area contributed by atoms with Crippen molar-refractivity contribution in [3.8, 4) is 0 Å². The number of piperidine rings is 1. The highest BCUT2D eigenvalue weighted by molar-refractivity contribution is 5.94. The van der Waals surface area contributed by atoms with Gasteiger partial charge in [-0.3, -0.25) is 4.79 Å². The largest absolute Gasteiger partial charge is 0.357 e. The molecule has 0 radical (unpaired) electrons. The van der Waals surface area contributed by atoms with E-state index >= 15 is 0 Å². The summed E-state index contributed by atoms with van der Waals surface area (Å²) >= 11 is 0. The molecular weight excluding hydrogens is 383 g/mol. The Labute approximate surface area is 173 Å². The number of nitrogens with zero attached hydrogens (tertiary/aromatic N) is 2. The van der Waals surface area contributed by atoms with Crippen LogP contribution in [0, 0.1) is 5.92 Å². The molecule has 0 bridgehead atoms. The molecular formula is C20H28Cl2N4O. The van der Waals surface area contributed by atoms with Crippen LogP contribution in [0.4, 0.5) is 5.82 Å². The Bertz CT molecular complexity index is 689. The maximum atomic E-state index is 12.3. The fourth-order valence-electron chi connectivity index (χ4n) is 3.07. The highest BCUT2D eigenvalue weighted by atomic mass is 35.5. The smallest absolute Gasteiger partial charge is 0.252 e. The number of amides is 1. The van der Waals surface area contributed by atoms with Gasteiger partial charge in [-0.15, -0.1) is 24.8 Å². The lowest BCUT2D eigenvalue weighted by atomic mass is 9.99. The molecule has 1 aromatic heterocycles. The number of aromatic nitrogens is 1. The van der Waals surface area contributed by atoms with Gasteiger partial charge in [0.05, 0.1) is 5.56 Å². The quantitative estimate of drug-likeness (QED) is 0.789. The highest BCUT2D eigenvalue weighted by Gasteiger charge is 2.17. The van der Waals surface area contributed by atoms with Gasteiger partial charge in [-0.1, -0.05) is 37.3 Å². The Morgan fingerprint density at radius 3 is 2.44 bits per heavy atom. The Kier molecular flexibility index (Phi) is 9.56. The minimum Gasteiger partial charge on any atom is -0.357 e. The molecule has 2 heterocycles. The molecule has 0 spiro atoms. The maximum Gasteiger partial charge on any atom is 0.252 e. The summed E-state index contributed by atoms with van der Waals surface area (Å²) < 4.78 is 0. The van der Waals surface area contributed by atoms with Crippen LogP contribution in [-0.4, -0.2) is 30.5 Å². The number of carbonyl (C=O) groups is 1. The number of pyridine rings is 1. The van der Waals surface area contributed by atoms with Crippen molar-refractivity contribution < 1.29 is 4.79 Å². The first-order valence-electron chi connectivity index (χ1n) is 8.93. The zero-order valence-corrected chi connectivity index (χ0v) is 17.1. The third kappa shape index (κ3) is 6.38. The van der Waals surface area contributed by atoms with Crippen LogP contribution in [0.25, 0.3) is 0 Å². The summed E-state index contributed by atoms with van der Waals surface area (Å²) in [5.74, 6) is 1.59. The van der Waals surface area contributed by atoms with Crippen molar-refractivity contribution in [3.63, 3.8) is 0 Å². The minimum absolute atomic E-state index is 0. The van der Waals surface area contributed by atoms with Gasteiger partial charge in [0.2, 0.25) is 0 Å². The van der Waals surface area contributed by atoms with Gasteiger partial charge in [0, 0.05) is 31.9 Å². The lowest BCUT2D eigenvalue weighted by molar-refractivity contribution is 0.0951. The molecule has 148 valence electrons. The molecule has 2 aromatic rings. The van der Waals surface area contributed by atoms with Crippen molar-refractivity contribution in [2.75, 3.05) is 24.5 Å². The summed E-state index contributed by atoms with van der Waals surface area (Å²) in [5.41, 5.74) is 7.69. The van der Waals surface area contributed by atoms with Crippen LogP contribution in [-0.2, 0) is 0 Å². The van der Waals surface area contributed by atoms with Crippen LogP contribution in [0.5, 0.6) is 0 Å². The molecule has 1 aliphatic heterocycles. The van der Waals surface area contributed by atoms with E-state index in [4.69, 9.17) is 5.73 Å². The van der Waals surface area contributed by atoms with Gasteiger partial charge >= 0.3 is 0 Å². The third-order valence-corrected chi connectivity index (χ3v) is 4.83. The molecule has 1 fully saturated rings. The monoisotopic (exact) mass is 410 g/mol. The number of hydrogen-bond acceptors (Lipinski definition) is 4. The number of carbonyl (C=O) groups excluding carboxylic acids is 1. The van der Waals surface area contributed by atoms with E-state index < -0.39 is 0 Å². The summed E-state index contributed by atoms with van der Waals surface area (Å²) in [6.45, 7) is 4.75. The molecule has 1 aliphatic rings. The van der Waals surface area contributed by atoms with E-state index in [2.05, 4.69) is 22.1 Å². The summed E-state index contributed by atoms with van der Waals surface area (Å²) in [5, 5.41) is 2.88. The zero-order valence-electron chi connectivity index (χ0n) is 15.5. The topological polar surface area (TPSA) is 71.2 Å². The molecule has 1 saturated heterocycles. The van der Waals surface area contributed by atoms with Gasteiger partial charge in [0.1, 0.15) is 5.82 Å². The van der Waals surface area contributed by atoms with Crippen LogP contribution >= 0.6 is 24.8 Å². The molecule has 0 aliphatic carbocycles. The Morgan fingerprint density at radius 2 is 1.85 bits per heavy atom. The van der Waals surface area contributed by atoms with Crippen molar-refractivity contribution in [3.05, 3.63) is 59.8 Å². The molecule has 3 N–H and O–H groups in total. The van der Waals surface area contributed by atoms with Gasteiger partial charge in [0.25, 0.3) is 5.91 Å². The van der Waals surface area contributed by atoms with E-state index in [0.29, 0.717) is 12.1 Å². The van der Waals surface area contributed by atoms with Crippen molar-refractivity contribution >= 4 is 36.5 Å². The Hall–Kier alpha value is -1.82. The average Bonchev–Trinajstić information content (AvgIpc) is 2.67. The number of benzene rings is 1. The van der Waals surface area contributed by atoms with E-state index in [9.17, 15) is 4.79 Å². The zero-order chi connectivity index (χ0) is 17.6. The molecule has 0 saturated carbocycles. The Balaban J connectivity index is 0.00000182. The molecule has 5 nitrogen and oxygen atoms in total. The predicted molar refractivity (Wildman–Crippen MR) is 115 cm³/mol. The van der Waals surface area contributed by atoms with E-state index in [1.807, 2.05) is 42.5 Å². The second-order valence-corrected chi connectivity index (χ2v) is 6.80. The van der Waals surface area contributed by atoms with Gasteiger partial charge in [-0.2, -0.15) is 0 Å². The molecule has 1 atom stereocenters. The molecule has 27 heavy (non-hydrogen) atoms. The van der Waals surface area contributed by atoms with E-state index in [-0.39, 0.29) is 36.8 Å². The normalized spacial score (nSPS) is 15.3. The van der Waals surface area contributed by atoms with Crippen LogP contribution < -0.4 is 16.0 Å². The van der Waals surface area contributed by atoms with Crippen LogP contribution in [0.15, 0.2) is 48.7 Å². The summed E-state index contributed by atoms with van der Waals surface area (Å²) in [6.07, 6.45) is 4.04. The first kappa shape index (κ1) is 23.2. The fourth-order valence-corrected chi connectivity index (χ4v) is 3.07. The summed E-state index contributed by atoms with van der Waals surface area (Å²) in [6, 6.07) is 13.3. The van der Waals surface area contributed by atoms with E-state index in [0.717, 1.165) is 30.4 Å². The molecule has 1 aromatic carbocycles. The lowest BCUT2D eigenvalue weighted by Gasteiger charge is -2.31. The average molecular weight is 411 g/mol. The molecule has 1 amide bonds. The molecule has 7 heteroatoms. The standard InChI is InChI=1S/C20H26N4O.2ClH/c1-15-9-11-24(12-10-15)19-8-7-17(13-22-19)20(25)23-14-18(21)16-5-3-2-4-6-16;;/h2-8,13,15,18H,9-12,14,21H2,1H3,(H,23,25);2*1H. The first-order valence-corrected chi connectivity index (χ1v) is 8.93. The van der Waals surface area contributed by atoms with E-state index in [1.54, 1.807) is 6.20 Å². The highest BCUT2D eigenvalue weighted by Crippen LogP contribution is 2.21. The third-order valence-electron chi connectivity index (χ3n) is 4.83. The maximum absolute atomic E-state index is 12.3. The lowest BCUT2D eigenvalue weighted by Crippen LogP contribution is -2.34. The van der Waals surface area contributed by atoms with Crippen molar-refractivity contribution in [1.82, 2.24) is 10.3 Å². The summed E-state index contributed by atoms with van der Waals surface area (Å²) in [7, 11) is 0. The minimum atomic E-state index is -0.215. The number of hydrogen-bond donors (Lipinski definition) is 2. The fraction of sp³-hybridized carbons (Fsp3) is 0.400. The Morgan fingerprint density at radius 1 is 1.19 bits per heavy atom. The van der Waals surface area contributed by atoms with E-state index in [1.165, 1.54) is 12.8 Å². The second kappa shape index (κ2) is 11.1. The number of anilines is 1. The van der Waals surface area contributed by atoms with Crippen LogP contribution in [0.2, 0.25) is 0 Å². The van der Waals surface area contributed by atoms with Gasteiger partial charge in [-0.05, 0) is 36.5 Å². The molecule has 3 rings (SSSR count). The van der Waals surface area contributed by atoms with Gasteiger partial charge in [0.15, 0.2) is 0 Å². The molecule has 1 unspecified atom stereocenters. The van der Waals surface area contributed by atoms with Crippen LogP contribution in [0.1, 0.15) is 41.7 Å². The SMILES string of the molecule is CC1CCN(c2ccc(C(=O)NCC(N)c3ccccc3)cn2)CC1.Cl.Cl. The number of halogens is 2. The van der Waals surface area contributed by atoms with Gasteiger partial charge < -0.3 is 16.0 Å². The van der Waals surface area contributed by atoms with Gasteiger partial charge in [-0.25, -0.2) is 4.98 Å². The number of nitrogens with one attached hydrogen (secondary N) is 1. The predicted octanol–water partition coefficient (Wildman–Crippen LogP) is 3.59. The van der Waals surface area contributed by atoms with Crippen molar-refractivity contribution in [2.45, 2.75) is 25.8 Å². The number of nitrogens with two attached hydrogens (primary N) is 1. The van der Waals surface area contributed by atoms with Crippen molar-refractivity contribution in [1.29, 1.82) is 0 Å². The van der Waals surface area contributed by atoms with Crippen molar-refractivity contribution in [2.24, 2.45) is 11.7 Å². The summed E-state index contributed by atoms with van der Waals surface area (Å²) in [4.78, 5) is 19.0. The first-order chi connectivity index (χ1) is 12.1. The second-order valence-electron chi connectivity index (χ2n) is 6.80. The number of rotatable bonds is 5. The van der Waals surface area contributed by atoms with Crippen LogP contribution in [0.3, 0.4) is 0 Å².